The molecule has 2 aliphatic rings. The number of allylic oxidation sites excluding steroid dienone is 3. The van der Waals surface area contributed by atoms with E-state index >= 15 is 0 Å². The molecule has 7 nitrogen and oxygen atoms in total. The molecule has 2 atom stereocenters. The molecular weight excluding hydrogens is 500 g/mol. The molecule has 0 N–H and O–H groups in total. The maximum atomic E-state index is 13.8. The Morgan fingerprint density at radius 3 is 2.53 bits per heavy atom. The number of benzene rings is 2. The van der Waals surface area contributed by atoms with Gasteiger partial charge in [0, 0.05) is 0 Å². The molecule has 3 aromatic rings. The van der Waals surface area contributed by atoms with Gasteiger partial charge in [-0.15, -0.1) is 0 Å². The molecule has 1 aliphatic carbocycles. The summed E-state index contributed by atoms with van der Waals surface area (Å²) in [4.78, 5) is 44.5. The minimum Gasteiger partial charge on any atom is -0.465 e. The molecule has 194 valence electrons. The summed E-state index contributed by atoms with van der Waals surface area (Å²) in [6.45, 7) is 1.86. The molecule has 0 radical (unpaired) electrons. The average Bonchev–Trinajstić information content (AvgIpc) is 3.25. The summed E-state index contributed by atoms with van der Waals surface area (Å²) in [5.74, 6) is -0.712. The maximum absolute atomic E-state index is 13.8. The Hall–Kier alpha value is -4.04. The Morgan fingerprint density at radius 1 is 1.08 bits per heavy atom. The van der Waals surface area contributed by atoms with Gasteiger partial charge in [-0.3, -0.25) is 9.36 Å². The fourth-order valence-electron chi connectivity index (χ4n) is 4.81. The second kappa shape index (κ2) is 11.1. The smallest absolute Gasteiger partial charge is 0.338 e. The number of thiazole rings is 1. The second-order valence-corrected chi connectivity index (χ2v) is 10.3. The molecule has 38 heavy (non-hydrogen) atoms. The second-order valence-electron chi connectivity index (χ2n) is 9.32. The number of ether oxygens (including phenoxy) is 2. The highest BCUT2D eigenvalue weighted by Gasteiger charge is 2.33. The zero-order valence-electron chi connectivity index (χ0n) is 21.3. The van der Waals surface area contributed by atoms with Gasteiger partial charge in [0.05, 0.1) is 34.5 Å². The van der Waals surface area contributed by atoms with E-state index in [1.807, 2.05) is 36.4 Å². The van der Waals surface area contributed by atoms with Crippen LogP contribution in [-0.4, -0.2) is 23.6 Å². The molecular formula is C30H28N2O5S. The highest BCUT2D eigenvalue weighted by molar-refractivity contribution is 7.07. The quantitative estimate of drug-likeness (QED) is 0.356. The number of carbonyl (C=O) groups is 2. The molecule has 1 aliphatic heterocycles. The van der Waals surface area contributed by atoms with Gasteiger partial charge in [0.2, 0.25) is 0 Å². The molecule has 2 aromatic carbocycles. The monoisotopic (exact) mass is 528 g/mol. The molecule has 2 unspecified atom stereocenters. The number of nitrogens with zero attached hydrogens (tertiary/aromatic N) is 2. The first-order chi connectivity index (χ1) is 18.5. The molecule has 0 spiro atoms. The van der Waals surface area contributed by atoms with Crippen LogP contribution >= 0.6 is 11.3 Å². The van der Waals surface area contributed by atoms with Crippen LogP contribution in [0.3, 0.4) is 0 Å². The Morgan fingerprint density at radius 2 is 1.84 bits per heavy atom. The number of hydrogen-bond acceptors (Lipinski definition) is 7. The number of esters is 2. The van der Waals surface area contributed by atoms with Gasteiger partial charge in [-0.05, 0) is 55.4 Å². The number of carbonyl (C=O) groups excluding carboxylic acids is 2. The van der Waals surface area contributed by atoms with Crippen molar-refractivity contribution in [1.29, 1.82) is 0 Å². The minimum atomic E-state index is -0.741. The van der Waals surface area contributed by atoms with Gasteiger partial charge in [0.1, 0.15) is 6.61 Å². The van der Waals surface area contributed by atoms with Crippen LogP contribution in [0.4, 0.5) is 0 Å². The van der Waals surface area contributed by atoms with Gasteiger partial charge in [-0.25, -0.2) is 14.6 Å². The summed E-state index contributed by atoms with van der Waals surface area (Å²) in [5.41, 5.74) is 2.52. The summed E-state index contributed by atoms with van der Waals surface area (Å²) >= 11 is 1.34. The SMILES string of the molecule is COC(=O)c1ccc(C2C(C(=O)OCc3ccccc3)=C(C)N=c3sc(=CC4CC=CCC4)c(=O)n32)cc1. The summed E-state index contributed by atoms with van der Waals surface area (Å²) in [5, 5.41) is 0. The predicted octanol–water partition coefficient (Wildman–Crippen LogP) is 4.07. The van der Waals surface area contributed by atoms with Crippen molar-refractivity contribution in [3.05, 3.63) is 114 Å². The Bertz CT molecular complexity index is 1600. The van der Waals surface area contributed by atoms with Crippen molar-refractivity contribution in [2.24, 2.45) is 10.9 Å². The van der Waals surface area contributed by atoms with Crippen molar-refractivity contribution < 1.29 is 19.1 Å². The van der Waals surface area contributed by atoms with E-state index in [1.165, 1.54) is 18.4 Å². The largest absolute Gasteiger partial charge is 0.465 e. The van der Waals surface area contributed by atoms with Gasteiger partial charge in [-0.2, -0.15) is 0 Å². The first-order valence-electron chi connectivity index (χ1n) is 12.5. The summed E-state index contributed by atoms with van der Waals surface area (Å²) < 4.78 is 12.7. The van der Waals surface area contributed by atoms with Crippen molar-refractivity contribution in [3.8, 4) is 0 Å². The fourth-order valence-corrected chi connectivity index (χ4v) is 5.93. The Kier molecular flexibility index (Phi) is 7.51. The van der Waals surface area contributed by atoms with Crippen LogP contribution in [0.5, 0.6) is 0 Å². The van der Waals surface area contributed by atoms with Crippen LogP contribution in [0.25, 0.3) is 6.08 Å². The van der Waals surface area contributed by atoms with E-state index in [9.17, 15) is 14.4 Å². The van der Waals surface area contributed by atoms with E-state index in [0.717, 1.165) is 24.8 Å². The van der Waals surface area contributed by atoms with E-state index < -0.39 is 18.0 Å². The lowest BCUT2D eigenvalue weighted by Gasteiger charge is -2.25. The third kappa shape index (κ3) is 5.17. The van der Waals surface area contributed by atoms with Crippen LogP contribution < -0.4 is 14.9 Å². The number of aromatic nitrogens is 1. The number of fused-ring (bicyclic) bond motifs is 1. The zero-order chi connectivity index (χ0) is 26.6. The first kappa shape index (κ1) is 25.6. The zero-order valence-corrected chi connectivity index (χ0v) is 22.1. The summed E-state index contributed by atoms with van der Waals surface area (Å²) in [6, 6.07) is 15.4. The van der Waals surface area contributed by atoms with Crippen molar-refractivity contribution in [1.82, 2.24) is 4.57 Å². The van der Waals surface area contributed by atoms with Gasteiger partial charge in [0.25, 0.3) is 5.56 Å². The Balaban J connectivity index is 1.58. The molecule has 8 heteroatoms. The molecule has 0 bridgehead atoms. The molecule has 0 fully saturated rings. The van der Waals surface area contributed by atoms with Crippen LogP contribution in [0.2, 0.25) is 0 Å². The van der Waals surface area contributed by atoms with Crippen LogP contribution in [-0.2, 0) is 20.9 Å². The van der Waals surface area contributed by atoms with Gasteiger partial charge in [0.15, 0.2) is 4.80 Å². The standard InChI is InChI=1S/C30H28N2O5S/c1-19-25(29(35)37-18-21-11-7-4-8-12-21)26(22-13-15-23(16-14-22)28(34)36-2)32-27(33)24(38-30(32)31-19)17-20-9-5-3-6-10-20/h3-5,7-8,11-17,20,26H,6,9-10,18H2,1-2H3. The predicted molar refractivity (Wildman–Crippen MR) is 145 cm³/mol. The lowest BCUT2D eigenvalue weighted by Crippen LogP contribution is -2.40. The van der Waals surface area contributed by atoms with E-state index in [-0.39, 0.29) is 18.1 Å². The third-order valence-electron chi connectivity index (χ3n) is 6.80. The summed E-state index contributed by atoms with van der Waals surface area (Å²) in [7, 11) is 1.32. The normalized spacial score (nSPS) is 19.1. The van der Waals surface area contributed by atoms with E-state index in [2.05, 4.69) is 17.1 Å². The average molecular weight is 529 g/mol. The van der Waals surface area contributed by atoms with Crippen LogP contribution in [0, 0.1) is 5.92 Å². The highest BCUT2D eigenvalue weighted by atomic mass is 32.1. The van der Waals surface area contributed by atoms with E-state index in [4.69, 9.17) is 9.47 Å². The van der Waals surface area contributed by atoms with E-state index in [1.54, 1.807) is 35.8 Å². The maximum Gasteiger partial charge on any atom is 0.338 e. The topological polar surface area (TPSA) is 87.0 Å². The fraction of sp³-hybridized carbons (Fsp3) is 0.267. The van der Waals surface area contributed by atoms with Crippen molar-refractivity contribution in [2.75, 3.05) is 7.11 Å². The minimum absolute atomic E-state index is 0.101. The van der Waals surface area contributed by atoms with Crippen molar-refractivity contribution >= 4 is 29.4 Å². The lowest BCUT2D eigenvalue weighted by atomic mass is 9.94. The van der Waals surface area contributed by atoms with Gasteiger partial charge >= 0.3 is 11.9 Å². The van der Waals surface area contributed by atoms with Crippen LogP contribution in [0.15, 0.2) is 87.8 Å². The first-order valence-corrected chi connectivity index (χ1v) is 13.3. The van der Waals surface area contributed by atoms with E-state index in [0.29, 0.717) is 31.7 Å². The number of rotatable bonds is 6. The van der Waals surface area contributed by atoms with Crippen molar-refractivity contribution in [2.45, 2.75) is 38.8 Å². The molecule has 0 saturated heterocycles. The Labute approximate surface area is 224 Å². The number of hydrogen-bond donors (Lipinski definition) is 0. The molecule has 0 amide bonds. The molecule has 2 heterocycles. The highest BCUT2D eigenvalue weighted by Crippen LogP contribution is 2.31. The lowest BCUT2D eigenvalue weighted by molar-refractivity contribution is -0.140. The molecule has 0 saturated carbocycles. The van der Waals surface area contributed by atoms with Gasteiger partial charge in [-0.1, -0.05) is 72.0 Å². The third-order valence-corrected chi connectivity index (χ3v) is 7.80. The molecule has 1 aromatic heterocycles. The number of methoxy groups -OCH3 is 1. The van der Waals surface area contributed by atoms with Crippen LogP contribution in [0.1, 0.15) is 53.7 Å². The summed E-state index contributed by atoms with van der Waals surface area (Å²) in [6.07, 6.45) is 9.24. The molecule has 5 rings (SSSR count). The van der Waals surface area contributed by atoms with Crippen molar-refractivity contribution in [3.63, 3.8) is 0 Å². The van der Waals surface area contributed by atoms with Gasteiger partial charge < -0.3 is 9.47 Å².